The minimum atomic E-state index is -0.439. The summed E-state index contributed by atoms with van der Waals surface area (Å²) in [4.78, 5) is 10.5. The Kier molecular flexibility index (Phi) is 4.42. The van der Waals surface area contributed by atoms with Gasteiger partial charge in [-0.05, 0) is 20.8 Å². The van der Waals surface area contributed by atoms with Crippen molar-refractivity contribution in [2.45, 2.75) is 26.8 Å². The number of rotatable bonds is 6. The van der Waals surface area contributed by atoms with E-state index in [9.17, 15) is 10.1 Å². The third-order valence-electron chi connectivity index (χ3n) is 2.83. The first-order valence-electron chi connectivity index (χ1n) is 6.75. The van der Waals surface area contributed by atoms with Gasteiger partial charge in [0.2, 0.25) is 0 Å². The van der Waals surface area contributed by atoms with Gasteiger partial charge >= 0.3 is 0 Å². The van der Waals surface area contributed by atoms with Gasteiger partial charge in [-0.1, -0.05) is 0 Å². The third-order valence-corrected chi connectivity index (χ3v) is 2.83. The minimum Gasteiger partial charge on any atom is -0.454 e. The number of non-ortho nitro benzene ring substituents is 1. The maximum Gasteiger partial charge on any atom is 0.275 e. The zero-order valence-corrected chi connectivity index (χ0v) is 12.2. The Hall–Kier alpha value is -2.57. The van der Waals surface area contributed by atoms with Gasteiger partial charge in [0.25, 0.3) is 5.69 Å². The zero-order valence-electron chi connectivity index (χ0n) is 12.2. The fraction of sp³-hybridized carbons (Fsp3) is 0.357. The lowest BCUT2D eigenvalue weighted by molar-refractivity contribution is -0.384. The summed E-state index contributed by atoms with van der Waals surface area (Å²) >= 11 is 0. The second-order valence-corrected chi connectivity index (χ2v) is 4.85. The van der Waals surface area contributed by atoms with Gasteiger partial charge in [-0.2, -0.15) is 5.10 Å². The number of benzene rings is 1. The Balaban J connectivity index is 2.26. The molecule has 0 aliphatic heterocycles. The Bertz CT molecular complexity index is 637. The molecule has 2 aromatic rings. The van der Waals surface area contributed by atoms with Crippen molar-refractivity contribution in [3.63, 3.8) is 0 Å². The lowest BCUT2D eigenvalue weighted by Crippen LogP contribution is -2.00. The van der Waals surface area contributed by atoms with Crippen molar-refractivity contribution >= 4 is 11.4 Å². The van der Waals surface area contributed by atoms with Crippen LogP contribution in [0.5, 0.6) is 11.5 Å². The van der Waals surface area contributed by atoms with Crippen LogP contribution in [-0.2, 0) is 0 Å². The first-order chi connectivity index (χ1) is 9.99. The average Bonchev–Trinajstić information content (AvgIpc) is 2.87. The molecule has 112 valence electrons. The highest BCUT2D eigenvalue weighted by Crippen LogP contribution is 2.29. The fourth-order valence-corrected chi connectivity index (χ4v) is 1.85. The van der Waals surface area contributed by atoms with Gasteiger partial charge in [0.05, 0.1) is 23.4 Å². The standard InChI is InChI=1S/C14H18N4O3/c1-4-15-11-5-12(18(19)20)7-13(6-11)21-14-8-16-17(9-14)10(2)3/h5-10,15H,4H2,1-3H3. The summed E-state index contributed by atoms with van der Waals surface area (Å²) in [7, 11) is 0. The van der Waals surface area contributed by atoms with Gasteiger partial charge in [-0.15, -0.1) is 0 Å². The van der Waals surface area contributed by atoms with E-state index in [0.29, 0.717) is 23.7 Å². The van der Waals surface area contributed by atoms with Crippen LogP contribution in [0.25, 0.3) is 0 Å². The molecule has 0 amide bonds. The van der Waals surface area contributed by atoms with Crippen LogP contribution in [0.15, 0.2) is 30.6 Å². The molecule has 1 aromatic carbocycles. The Morgan fingerprint density at radius 1 is 1.38 bits per heavy atom. The van der Waals surface area contributed by atoms with E-state index in [2.05, 4.69) is 10.4 Å². The lowest BCUT2D eigenvalue weighted by Gasteiger charge is -2.07. The van der Waals surface area contributed by atoms with Crippen molar-refractivity contribution in [2.24, 2.45) is 0 Å². The molecule has 7 heteroatoms. The van der Waals surface area contributed by atoms with Crippen molar-refractivity contribution in [1.29, 1.82) is 0 Å². The number of ether oxygens (including phenoxy) is 1. The molecule has 0 bridgehead atoms. The third kappa shape index (κ3) is 3.71. The van der Waals surface area contributed by atoms with Crippen LogP contribution in [-0.4, -0.2) is 21.2 Å². The highest BCUT2D eigenvalue weighted by Gasteiger charge is 2.12. The molecule has 0 unspecified atom stereocenters. The van der Waals surface area contributed by atoms with Gasteiger partial charge in [0.15, 0.2) is 5.75 Å². The monoisotopic (exact) mass is 290 g/mol. The fourth-order valence-electron chi connectivity index (χ4n) is 1.85. The highest BCUT2D eigenvalue weighted by atomic mass is 16.6. The number of hydrogen-bond acceptors (Lipinski definition) is 5. The Morgan fingerprint density at radius 2 is 2.14 bits per heavy atom. The predicted octanol–water partition coefficient (Wildman–Crippen LogP) is 3.60. The van der Waals surface area contributed by atoms with E-state index >= 15 is 0 Å². The maximum atomic E-state index is 11.0. The van der Waals surface area contributed by atoms with Crippen molar-refractivity contribution in [3.8, 4) is 11.5 Å². The van der Waals surface area contributed by atoms with Crippen molar-refractivity contribution in [3.05, 3.63) is 40.7 Å². The van der Waals surface area contributed by atoms with Crippen LogP contribution in [0.4, 0.5) is 11.4 Å². The summed E-state index contributed by atoms with van der Waals surface area (Å²) in [5.74, 6) is 0.954. The molecule has 1 heterocycles. The number of nitro groups is 1. The molecule has 0 spiro atoms. The molecule has 2 rings (SSSR count). The summed E-state index contributed by atoms with van der Waals surface area (Å²) in [6.07, 6.45) is 3.35. The Morgan fingerprint density at radius 3 is 2.71 bits per heavy atom. The normalized spacial score (nSPS) is 10.7. The van der Waals surface area contributed by atoms with Crippen LogP contribution in [0.2, 0.25) is 0 Å². The molecule has 0 fully saturated rings. The molecule has 0 atom stereocenters. The molecule has 0 aliphatic carbocycles. The lowest BCUT2D eigenvalue weighted by atomic mass is 10.2. The van der Waals surface area contributed by atoms with E-state index in [4.69, 9.17) is 4.74 Å². The smallest absolute Gasteiger partial charge is 0.275 e. The first kappa shape index (κ1) is 14.8. The van der Waals surface area contributed by atoms with E-state index in [-0.39, 0.29) is 11.7 Å². The zero-order chi connectivity index (χ0) is 15.4. The summed E-state index contributed by atoms with van der Waals surface area (Å²) in [5, 5.41) is 18.2. The number of anilines is 1. The Labute approximate surface area is 122 Å². The van der Waals surface area contributed by atoms with Gasteiger partial charge in [-0.3, -0.25) is 14.8 Å². The van der Waals surface area contributed by atoms with Crippen molar-refractivity contribution in [1.82, 2.24) is 9.78 Å². The van der Waals surface area contributed by atoms with Gasteiger partial charge < -0.3 is 10.1 Å². The molecule has 0 aliphatic rings. The number of nitrogens with one attached hydrogen (secondary N) is 1. The van der Waals surface area contributed by atoms with Crippen LogP contribution in [0, 0.1) is 10.1 Å². The summed E-state index contributed by atoms with van der Waals surface area (Å²) in [6.45, 7) is 6.61. The van der Waals surface area contributed by atoms with Crippen LogP contribution >= 0.6 is 0 Å². The summed E-state index contributed by atoms with van der Waals surface area (Å²) < 4.78 is 7.42. The number of aromatic nitrogens is 2. The predicted molar refractivity (Wildman–Crippen MR) is 79.9 cm³/mol. The van der Waals surface area contributed by atoms with E-state index in [1.54, 1.807) is 23.1 Å². The minimum absolute atomic E-state index is 0.0142. The van der Waals surface area contributed by atoms with Crippen LogP contribution < -0.4 is 10.1 Å². The SMILES string of the molecule is CCNc1cc(Oc2cnn(C(C)C)c2)cc([N+](=O)[O-])c1. The van der Waals surface area contributed by atoms with E-state index in [1.807, 2.05) is 20.8 Å². The van der Waals surface area contributed by atoms with Crippen LogP contribution in [0.1, 0.15) is 26.8 Å². The number of hydrogen-bond donors (Lipinski definition) is 1. The second kappa shape index (κ2) is 6.25. The van der Waals surface area contributed by atoms with E-state index < -0.39 is 4.92 Å². The number of nitrogens with zero attached hydrogens (tertiary/aromatic N) is 3. The molecule has 0 saturated heterocycles. The maximum absolute atomic E-state index is 11.0. The molecule has 0 saturated carbocycles. The van der Waals surface area contributed by atoms with Crippen molar-refractivity contribution in [2.75, 3.05) is 11.9 Å². The van der Waals surface area contributed by atoms with E-state index in [1.165, 1.54) is 12.1 Å². The topological polar surface area (TPSA) is 82.2 Å². The summed E-state index contributed by atoms with van der Waals surface area (Å²) in [6, 6.07) is 4.83. The first-order valence-corrected chi connectivity index (χ1v) is 6.75. The molecule has 1 aromatic heterocycles. The highest BCUT2D eigenvalue weighted by molar-refractivity contribution is 5.56. The van der Waals surface area contributed by atoms with Gasteiger partial charge in [0, 0.05) is 30.4 Å². The average molecular weight is 290 g/mol. The van der Waals surface area contributed by atoms with Crippen molar-refractivity contribution < 1.29 is 9.66 Å². The summed E-state index contributed by atoms with van der Waals surface area (Å²) in [5.41, 5.74) is 0.637. The largest absolute Gasteiger partial charge is 0.454 e. The molecule has 1 N–H and O–H groups in total. The molecule has 21 heavy (non-hydrogen) atoms. The quantitative estimate of drug-likeness (QED) is 0.649. The number of nitro benzene ring substituents is 1. The van der Waals surface area contributed by atoms with E-state index in [0.717, 1.165) is 0 Å². The van der Waals surface area contributed by atoms with Crippen LogP contribution in [0.3, 0.4) is 0 Å². The molecule has 0 radical (unpaired) electrons. The van der Waals surface area contributed by atoms with Gasteiger partial charge in [-0.25, -0.2) is 0 Å². The molecular formula is C14H18N4O3. The van der Waals surface area contributed by atoms with Gasteiger partial charge in [0.1, 0.15) is 5.75 Å². The molecular weight excluding hydrogens is 272 g/mol. The second-order valence-electron chi connectivity index (χ2n) is 4.85. The molecule has 7 nitrogen and oxygen atoms in total.